The summed E-state index contributed by atoms with van der Waals surface area (Å²) < 4.78 is 6.38. The SMILES string of the molecule is COc1ccc2c(c1Br)CCC2. The van der Waals surface area contributed by atoms with Gasteiger partial charge in [-0.25, -0.2) is 0 Å². The molecule has 1 nitrogen and oxygen atoms in total. The van der Waals surface area contributed by atoms with E-state index in [1.54, 1.807) is 7.11 Å². The highest BCUT2D eigenvalue weighted by molar-refractivity contribution is 9.10. The van der Waals surface area contributed by atoms with E-state index in [4.69, 9.17) is 4.74 Å². The van der Waals surface area contributed by atoms with Gasteiger partial charge in [-0.1, -0.05) is 6.07 Å². The van der Waals surface area contributed by atoms with Gasteiger partial charge in [0.15, 0.2) is 0 Å². The number of fused-ring (bicyclic) bond motifs is 1. The summed E-state index contributed by atoms with van der Waals surface area (Å²) in [6, 6.07) is 4.21. The van der Waals surface area contributed by atoms with Crippen LogP contribution in [0.1, 0.15) is 17.5 Å². The van der Waals surface area contributed by atoms with Crippen molar-refractivity contribution in [1.29, 1.82) is 0 Å². The van der Waals surface area contributed by atoms with Crippen molar-refractivity contribution in [3.8, 4) is 5.75 Å². The Labute approximate surface area is 80.9 Å². The summed E-state index contributed by atoms with van der Waals surface area (Å²) in [7, 11) is 1.71. The zero-order valence-electron chi connectivity index (χ0n) is 7.06. The molecule has 0 saturated heterocycles. The van der Waals surface area contributed by atoms with Crippen molar-refractivity contribution in [2.75, 3.05) is 7.11 Å². The number of halogens is 1. The first-order valence-corrected chi connectivity index (χ1v) is 4.96. The molecule has 0 fully saturated rings. The second-order valence-corrected chi connectivity index (χ2v) is 3.87. The summed E-state index contributed by atoms with van der Waals surface area (Å²) in [5, 5.41) is 0. The molecule has 2 heteroatoms. The van der Waals surface area contributed by atoms with Crippen molar-refractivity contribution in [1.82, 2.24) is 0 Å². The fourth-order valence-corrected chi connectivity index (χ4v) is 2.50. The summed E-state index contributed by atoms with van der Waals surface area (Å²) >= 11 is 3.57. The van der Waals surface area contributed by atoms with Crippen LogP contribution in [0.5, 0.6) is 5.75 Å². The van der Waals surface area contributed by atoms with Crippen molar-refractivity contribution in [2.24, 2.45) is 0 Å². The maximum atomic E-state index is 5.22. The van der Waals surface area contributed by atoms with Gasteiger partial charge in [-0.2, -0.15) is 0 Å². The van der Waals surface area contributed by atoms with E-state index in [-0.39, 0.29) is 0 Å². The summed E-state index contributed by atoms with van der Waals surface area (Å²) in [6.45, 7) is 0. The first-order valence-electron chi connectivity index (χ1n) is 4.17. The Morgan fingerprint density at radius 2 is 2.17 bits per heavy atom. The van der Waals surface area contributed by atoms with Gasteiger partial charge in [0.2, 0.25) is 0 Å². The van der Waals surface area contributed by atoms with Crippen LogP contribution in [-0.4, -0.2) is 7.11 Å². The molecule has 1 aromatic rings. The summed E-state index contributed by atoms with van der Waals surface area (Å²) in [6.07, 6.45) is 3.69. The molecule has 0 amide bonds. The average Bonchev–Trinajstić information content (AvgIpc) is 2.53. The van der Waals surface area contributed by atoms with Crippen molar-refractivity contribution >= 4 is 15.9 Å². The van der Waals surface area contributed by atoms with Gasteiger partial charge in [0.05, 0.1) is 11.6 Å². The summed E-state index contributed by atoms with van der Waals surface area (Å²) in [5.41, 5.74) is 2.91. The largest absolute Gasteiger partial charge is 0.496 e. The highest BCUT2D eigenvalue weighted by atomic mass is 79.9. The molecule has 1 aromatic carbocycles. The number of ether oxygens (including phenoxy) is 1. The molecule has 0 aromatic heterocycles. The zero-order chi connectivity index (χ0) is 8.55. The molecule has 12 heavy (non-hydrogen) atoms. The summed E-state index contributed by atoms with van der Waals surface area (Å²) in [4.78, 5) is 0. The van der Waals surface area contributed by atoms with Crippen molar-refractivity contribution in [2.45, 2.75) is 19.3 Å². The zero-order valence-corrected chi connectivity index (χ0v) is 8.65. The van der Waals surface area contributed by atoms with Crippen molar-refractivity contribution in [3.63, 3.8) is 0 Å². The Balaban J connectivity index is 2.54. The lowest BCUT2D eigenvalue weighted by atomic mass is 10.1. The van der Waals surface area contributed by atoms with E-state index in [0.29, 0.717) is 0 Å². The van der Waals surface area contributed by atoms with Crippen LogP contribution in [0.3, 0.4) is 0 Å². The number of aryl methyl sites for hydroxylation is 1. The van der Waals surface area contributed by atoms with Gasteiger partial charge in [-0.15, -0.1) is 0 Å². The topological polar surface area (TPSA) is 9.23 Å². The monoisotopic (exact) mass is 226 g/mol. The fourth-order valence-electron chi connectivity index (χ4n) is 1.76. The van der Waals surface area contributed by atoms with Gasteiger partial charge in [0, 0.05) is 0 Å². The molecule has 0 heterocycles. The molecule has 0 unspecified atom stereocenters. The summed E-state index contributed by atoms with van der Waals surface area (Å²) in [5.74, 6) is 0.954. The van der Waals surface area contributed by atoms with Crippen LogP contribution in [-0.2, 0) is 12.8 Å². The van der Waals surface area contributed by atoms with Gasteiger partial charge in [-0.3, -0.25) is 0 Å². The Morgan fingerprint density at radius 1 is 1.33 bits per heavy atom. The third-order valence-corrected chi connectivity index (χ3v) is 3.27. The third kappa shape index (κ3) is 1.14. The molecule has 0 saturated carbocycles. The van der Waals surface area contributed by atoms with Gasteiger partial charge in [0.1, 0.15) is 5.75 Å². The van der Waals surface area contributed by atoms with E-state index >= 15 is 0 Å². The number of methoxy groups -OCH3 is 1. The predicted molar refractivity (Wildman–Crippen MR) is 52.7 cm³/mol. The van der Waals surface area contributed by atoms with Gasteiger partial charge >= 0.3 is 0 Å². The lowest BCUT2D eigenvalue weighted by molar-refractivity contribution is 0.411. The Hall–Kier alpha value is -0.500. The van der Waals surface area contributed by atoms with Crippen LogP contribution in [0, 0.1) is 0 Å². The number of benzene rings is 1. The van der Waals surface area contributed by atoms with Crippen LogP contribution in [0.15, 0.2) is 16.6 Å². The molecule has 64 valence electrons. The first-order chi connectivity index (χ1) is 5.83. The highest BCUT2D eigenvalue weighted by Gasteiger charge is 2.16. The molecular formula is C10H11BrO. The van der Waals surface area contributed by atoms with Crippen molar-refractivity contribution in [3.05, 3.63) is 27.7 Å². The van der Waals surface area contributed by atoms with Crippen LogP contribution in [0.4, 0.5) is 0 Å². The highest BCUT2D eigenvalue weighted by Crippen LogP contribution is 2.35. The van der Waals surface area contributed by atoms with Gasteiger partial charge in [0.25, 0.3) is 0 Å². The van der Waals surface area contributed by atoms with Crippen LogP contribution < -0.4 is 4.74 Å². The molecule has 0 spiro atoms. The van der Waals surface area contributed by atoms with Crippen LogP contribution >= 0.6 is 15.9 Å². The van der Waals surface area contributed by atoms with Crippen molar-refractivity contribution < 1.29 is 4.74 Å². The molecular weight excluding hydrogens is 216 g/mol. The van der Waals surface area contributed by atoms with Gasteiger partial charge in [-0.05, 0) is 52.4 Å². The molecule has 0 atom stereocenters. The Bertz CT molecular complexity index is 307. The minimum absolute atomic E-state index is 0.954. The number of rotatable bonds is 1. The van der Waals surface area contributed by atoms with Gasteiger partial charge < -0.3 is 4.74 Å². The standard InChI is InChI=1S/C10H11BrO/c1-12-9-6-5-7-3-2-4-8(7)10(9)11/h5-6H,2-4H2,1H3. The smallest absolute Gasteiger partial charge is 0.133 e. The second kappa shape index (κ2) is 3.09. The van der Waals surface area contributed by atoms with E-state index in [1.165, 1.54) is 30.4 Å². The molecule has 0 radical (unpaired) electrons. The second-order valence-electron chi connectivity index (χ2n) is 3.07. The molecule has 0 aliphatic heterocycles. The van der Waals surface area contributed by atoms with E-state index in [0.717, 1.165) is 10.2 Å². The Morgan fingerprint density at radius 3 is 2.92 bits per heavy atom. The Kier molecular flexibility index (Phi) is 2.09. The molecule has 1 aliphatic carbocycles. The molecule has 1 aliphatic rings. The molecule has 0 bridgehead atoms. The fraction of sp³-hybridized carbons (Fsp3) is 0.400. The molecule has 0 N–H and O–H groups in total. The lowest BCUT2D eigenvalue weighted by Gasteiger charge is -2.07. The van der Waals surface area contributed by atoms with E-state index < -0.39 is 0 Å². The van der Waals surface area contributed by atoms with E-state index in [2.05, 4.69) is 22.0 Å². The number of hydrogen-bond donors (Lipinski definition) is 0. The maximum Gasteiger partial charge on any atom is 0.133 e. The molecule has 2 rings (SSSR count). The third-order valence-electron chi connectivity index (χ3n) is 2.40. The number of hydrogen-bond acceptors (Lipinski definition) is 1. The average molecular weight is 227 g/mol. The van der Waals surface area contributed by atoms with E-state index in [9.17, 15) is 0 Å². The quantitative estimate of drug-likeness (QED) is 0.716. The lowest BCUT2D eigenvalue weighted by Crippen LogP contribution is -1.89. The van der Waals surface area contributed by atoms with E-state index in [1.807, 2.05) is 6.07 Å². The first kappa shape index (κ1) is 8.11. The normalized spacial score (nSPS) is 14.5. The van der Waals surface area contributed by atoms with Crippen LogP contribution in [0.25, 0.3) is 0 Å². The maximum absolute atomic E-state index is 5.22. The van der Waals surface area contributed by atoms with Crippen LogP contribution in [0.2, 0.25) is 0 Å². The minimum atomic E-state index is 0.954. The minimum Gasteiger partial charge on any atom is -0.496 e. The predicted octanol–water partition coefficient (Wildman–Crippen LogP) is 2.95.